The Morgan fingerprint density at radius 3 is 2.17 bits per heavy atom. The molecule has 0 aliphatic heterocycles. The van der Waals surface area contributed by atoms with E-state index in [4.69, 9.17) is 10.2 Å². The van der Waals surface area contributed by atoms with Crippen molar-refractivity contribution in [3.05, 3.63) is 0 Å². The minimum atomic E-state index is -3.68. The van der Waals surface area contributed by atoms with Gasteiger partial charge in [-0.2, -0.15) is 17.4 Å². The molecule has 0 radical (unpaired) electrons. The molecule has 3 N–H and O–H groups in total. The number of nitrogens with zero attached hydrogens (tertiary/aromatic N) is 1. The van der Waals surface area contributed by atoms with Gasteiger partial charge in [0.2, 0.25) is 0 Å². The molecule has 1 saturated carbocycles. The predicted molar refractivity (Wildman–Crippen MR) is 69.3 cm³/mol. The zero-order chi connectivity index (χ0) is 13.8. The molecule has 0 unspecified atom stereocenters. The molecule has 6 nitrogen and oxygen atoms in total. The van der Waals surface area contributed by atoms with Crippen LogP contribution in [0.4, 0.5) is 0 Å². The predicted octanol–water partition coefficient (Wildman–Crippen LogP) is -0.171. The molecule has 18 heavy (non-hydrogen) atoms. The number of nitrogens with one attached hydrogen (secondary N) is 1. The van der Waals surface area contributed by atoms with Gasteiger partial charge in [-0.25, -0.2) is 0 Å². The first-order valence-corrected chi connectivity index (χ1v) is 7.77. The number of hydrogen-bond donors (Lipinski definition) is 3. The van der Waals surface area contributed by atoms with Crippen LogP contribution >= 0.6 is 0 Å². The van der Waals surface area contributed by atoms with Crippen LogP contribution in [0.1, 0.15) is 39.0 Å². The molecule has 1 fully saturated rings. The van der Waals surface area contributed by atoms with Crippen molar-refractivity contribution in [2.45, 2.75) is 50.6 Å². The summed E-state index contributed by atoms with van der Waals surface area (Å²) in [4.78, 5) is 0. The van der Waals surface area contributed by atoms with Gasteiger partial charge in [0.05, 0.1) is 18.8 Å². The third-order valence-corrected chi connectivity index (χ3v) is 5.35. The van der Waals surface area contributed by atoms with Crippen LogP contribution in [0.15, 0.2) is 0 Å². The molecular weight excluding hydrogens is 256 g/mol. The molecule has 7 heteroatoms. The van der Waals surface area contributed by atoms with Crippen LogP contribution in [0.5, 0.6) is 0 Å². The molecule has 1 aliphatic rings. The Hall–Kier alpha value is -0.210. The molecular formula is C11H24N2O4S. The number of aliphatic hydroxyl groups excluding tert-OH is 2. The first kappa shape index (κ1) is 15.8. The standard InChI is InChI=1S/C11H24N2O4S/c1-11(8-14,9-15)12-18(16,17)13(2)10-6-4-3-5-7-10/h10,12,14-15H,3-9H2,1-2H3. The Morgan fingerprint density at radius 1 is 1.22 bits per heavy atom. The van der Waals surface area contributed by atoms with Crippen LogP contribution in [-0.4, -0.2) is 54.8 Å². The minimum absolute atomic E-state index is 0.0119. The van der Waals surface area contributed by atoms with Gasteiger partial charge in [0.15, 0.2) is 0 Å². The molecule has 0 aromatic rings. The lowest BCUT2D eigenvalue weighted by Gasteiger charge is -2.34. The minimum Gasteiger partial charge on any atom is -0.394 e. The summed E-state index contributed by atoms with van der Waals surface area (Å²) in [5, 5.41) is 18.3. The van der Waals surface area contributed by atoms with E-state index in [9.17, 15) is 8.42 Å². The van der Waals surface area contributed by atoms with E-state index in [0.717, 1.165) is 32.1 Å². The van der Waals surface area contributed by atoms with Crippen LogP contribution in [0.2, 0.25) is 0 Å². The zero-order valence-electron chi connectivity index (χ0n) is 11.1. The topological polar surface area (TPSA) is 89.9 Å². The van der Waals surface area contributed by atoms with Gasteiger partial charge in [-0.3, -0.25) is 0 Å². The molecule has 0 spiro atoms. The van der Waals surface area contributed by atoms with E-state index in [0.29, 0.717) is 0 Å². The van der Waals surface area contributed by atoms with Gasteiger partial charge in [-0.15, -0.1) is 0 Å². The fourth-order valence-electron chi connectivity index (χ4n) is 2.14. The van der Waals surface area contributed by atoms with Crippen molar-refractivity contribution in [1.29, 1.82) is 0 Å². The average Bonchev–Trinajstić information content (AvgIpc) is 2.38. The molecule has 0 heterocycles. The lowest BCUT2D eigenvalue weighted by atomic mass is 9.96. The Morgan fingerprint density at radius 2 is 1.72 bits per heavy atom. The van der Waals surface area contributed by atoms with Crippen molar-refractivity contribution in [2.75, 3.05) is 20.3 Å². The zero-order valence-corrected chi connectivity index (χ0v) is 11.9. The summed E-state index contributed by atoms with van der Waals surface area (Å²) >= 11 is 0. The van der Waals surface area contributed by atoms with E-state index in [1.54, 1.807) is 7.05 Å². The van der Waals surface area contributed by atoms with Gasteiger partial charge in [0.25, 0.3) is 10.2 Å². The maximum atomic E-state index is 12.2. The fourth-order valence-corrected chi connectivity index (χ4v) is 3.64. The van der Waals surface area contributed by atoms with Gasteiger partial charge in [0.1, 0.15) is 0 Å². The first-order valence-electron chi connectivity index (χ1n) is 6.33. The summed E-state index contributed by atoms with van der Waals surface area (Å²) in [7, 11) is -2.13. The molecule has 0 atom stereocenters. The Labute approximate surface area is 109 Å². The lowest BCUT2D eigenvalue weighted by molar-refractivity contribution is 0.119. The third-order valence-electron chi connectivity index (χ3n) is 3.54. The van der Waals surface area contributed by atoms with Crippen LogP contribution in [0.3, 0.4) is 0 Å². The van der Waals surface area contributed by atoms with Crippen molar-refractivity contribution in [1.82, 2.24) is 9.03 Å². The highest BCUT2D eigenvalue weighted by molar-refractivity contribution is 7.87. The second-order valence-electron chi connectivity index (χ2n) is 5.29. The van der Waals surface area contributed by atoms with Crippen LogP contribution in [-0.2, 0) is 10.2 Å². The van der Waals surface area contributed by atoms with Gasteiger partial charge in [-0.1, -0.05) is 19.3 Å². The highest BCUT2D eigenvalue weighted by atomic mass is 32.2. The molecule has 1 rings (SSSR count). The van der Waals surface area contributed by atoms with Gasteiger partial charge in [-0.05, 0) is 19.8 Å². The lowest BCUT2D eigenvalue weighted by Crippen LogP contribution is -2.57. The smallest absolute Gasteiger partial charge is 0.280 e. The maximum absolute atomic E-state index is 12.2. The third kappa shape index (κ3) is 3.89. The van der Waals surface area contributed by atoms with Crippen LogP contribution in [0, 0.1) is 0 Å². The summed E-state index contributed by atoms with van der Waals surface area (Å²) < 4.78 is 28.0. The second-order valence-corrected chi connectivity index (χ2v) is 7.02. The first-order chi connectivity index (χ1) is 8.34. The molecule has 1 aliphatic carbocycles. The van der Waals surface area contributed by atoms with Crippen molar-refractivity contribution in [3.63, 3.8) is 0 Å². The van der Waals surface area contributed by atoms with E-state index in [2.05, 4.69) is 4.72 Å². The molecule has 108 valence electrons. The normalized spacial score (nSPS) is 19.4. The summed E-state index contributed by atoms with van der Waals surface area (Å²) in [6, 6.07) is 0.0119. The Bertz CT molecular complexity index is 348. The number of hydrogen-bond acceptors (Lipinski definition) is 4. The summed E-state index contributed by atoms with van der Waals surface area (Å²) in [6.07, 6.45) is 4.98. The van der Waals surface area contributed by atoms with Crippen LogP contribution < -0.4 is 4.72 Å². The number of rotatable bonds is 6. The van der Waals surface area contributed by atoms with E-state index >= 15 is 0 Å². The fraction of sp³-hybridized carbons (Fsp3) is 1.00. The monoisotopic (exact) mass is 280 g/mol. The van der Waals surface area contributed by atoms with E-state index < -0.39 is 29.0 Å². The SMILES string of the molecule is CN(C1CCCCC1)S(=O)(=O)NC(C)(CO)CO. The summed E-state index contributed by atoms with van der Waals surface area (Å²) in [5.74, 6) is 0. The number of aliphatic hydroxyl groups is 2. The van der Waals surface area contributed by atoms with Crippen molar-refractivity contribution in [3.8, 4) is 0 Å². The molecule has 0 aromatic heterocycles. The van der Waals surface area contributed by atoms with Crippen LogP contribution in [0.25, 0.3) is 0 Å². The summed E-state index contributed by atoms with van der Waals surface area (Å²) in [5.41, 5.74) is -1.22. The van der Waals surface area contributed by atoms with Gasteiger partial charge >= 0.3 is 0 Å². The molecule has 0 amide bonds. The highest BCUT2D eigenvalue weighted by Crippen LogP contribution is 2.23. The quantitative estimate of drug-likeness (QED) is 0.630. The molecule has 0 saturated heterocycles. The Kier molecular flexibility index (Phi) is 5.54. The Balaban J connectivity index is 2.72. The molecule has 0 aromatic carbocycles. The second kappa shape index (κ2) is 6.29. The van der Waals surface area contributed by atoms with E-state index in [1.807, 2.05) is 0 Å². The van der Waals surface area contributed by atoms with Crippen molar-refractivity contribution >= 4 is 10.2 Å². The largest absolute Gasteiger partial charge is 0.394 e. The van der Waals surface area contributed by atoms with Crippen molar-refractivity contribution < 1.29 is 18.6 Å². The molecule has 0 bridgehead atoms. The van der Waals surface area contributed by atoms with Gasteiger partial charge < -0.3 is 10.2 Å². The van der Waals surface area contributed by atoms with Gasteiger partial charge in [0, 0.05) is 13.1 Å². The average molecular weight is 280 g/mol. The van der Waals surface area contributed by atoms with Crippen molar-refractivity contribution in [2.24, 2.45) is 0 Å². The maximum Gasteiger partial charge on any atom is 0.280 e. The van der Waals surface area contributed by atoms with E-state index in [1.165, 1.54) is 11.2 Å². The highest BCUT2D eigenvalue weighted by Gasteiger charge is 2.34. The van der Waals surface area contributed by atoms with E-state index in [-0.39, 0.29) is 6.04 Å². The summed E-state index contributed by atoms with van der Waals surface area (Å²) in [6.45, 7) is 0.585.